The zero-order chi connectivity index (χ0) is 18.0. The van der Waals surface area contributed by atoms with Gasteiger partial charge in [-0.25, -0.2) is 0 Å². The third-order valence-corrected chi connectivity index (χ3v) is 8.28. The average molecular weight is 394 g/mol. The van der Waals surface area contributed by atoms with E-state index >= 15 is 0 Å². The van der Waals surface area contributed by atoms with E-state index in [9.17, 15) is 4.79 Å². The van der Waals surface area contributed by atoms with Crippen molar-refractivity contribution < 1.29 is 9.53 Å². The average Bonchev–Trinajstić information content (AvgIpc) is 3.19. The van der Waals surface area contributed by atoms with Crippen LogP contribution in [0.3, 0.4) is 0 Å². The quantitative estimate of drug-likeness (QED) is 0.336. The SMILES string of the molecule is O=C(CCCCC1CCSS1)OC1CCN(CCc2ccccc2)CC1. The van der Waals surface area contributed by atoms with Crippen molar-refractivity contribution in [3.8, 4) is 0 Å². The third-order valence-electron chi connectivity index (χ3n) is 5.28. The molecule has 0 aliphatic carbocycles. The number of carbonyl (C=O) groups is 1. The van der Waals surface area contributed by atoms with Gasteiger partial charge in [-0.1, -0.05) is 58.3 Å². The minimum atomic E-state index is 0.0150. The highest BCUT2D eigenvalue weighted by Gasteiger charge is 2.22. The Morgan fingerprint density at radius 2 is 1.92 bits per heavy atom. The molecule has 2 aliphatic rings. The predicted octanol–water partition coefficient (Wildman–Crippen LogP) is 4.95. The van der Waals surface area contributed by atoms with Crippen LogP contribution in [0.25, 0.3) is 0 Å². The molecule has 0 N–H and O–H groups in total. The molecule has 2 saturated heterocycles. The van der Waals surface area contributed by atoms with E-state index in [1.54, 1.807) is 0 Å². The second-order valence-electron chi connectivity index (χ2n) is 7.34. The Balaban J connectivity index is 1.23. The highest BCUT2D eigenvalue weighted by atomic mass is 33.1. The smallest absolute Gasteiger partial charge is 0.306 e. The first-order chi connectivity index (χ1) is 12.8. The summed E-state index contributed by atoms with van der Waals surface area (Å²) >= 11 is 0. The van der Waals surface area contributed by atoms with Crippen LogP contribution in [0.15, 0.2) is 30.3 Å². The first-order valence-corrected chi connectivity index (χ1v) is 12.4. The van der Waals surface area contributed by atoms with E-state index in [0.29, 0.717) is 6.42 Å². The summed E-state index contributed by atoms with van der Waals surface area (Å²) in [4.78, 5) is 14.5. The van der Waals surface area contributed by atoms with Crippen molar-refractivity contribution >= 4 is 27.6 Å². The molecular formula is C21H31NO2S2. The summed E-state index contributed by atoms with van der Waals surface area (Å²) in [5.41, 5.74) is 1.40. The predicted molar refractivity (Wildman–Crippen MR) is 113 cm³/mol. The zero-order valence-electron chi connectivity index (χ0n) is 15.6. The molecule has 26 heavy (non-hydrogen) atoms. The van der Waals surface area contributed by atoms with Crippen LogP contribution in [-0.2, 0) is 16.0 Å². The van der Waals surface area contributed by atoms with Crippen LogP contribution in [0.5, 0.6) is 0 Å². The zero-order valence-corrected chi connectivity index (χ0v) is 17.2. The van der Waals surface area contributed by atoms with Gasteiger partial charge in [-0.15, -0.1) is 0 Å². The van der Waals surface area contributed by atoms with Crippen LogP contribution in [0.4, 0.5) is 0 Å². The van der Waals surface area contributed by atoms with E-state index in [0.717, 1.165) is 57.0 Å². The molecule has 2 aliphatic heterocycles. The largest absolute Gasteiger partial charge is 0.462 e. The summed E-state index contributed by atoms with van der Waals surface area (Å²) in [7, 11) is 4.02. The Kier molecular flexibility index (Phi) is 8.70. The van der Waals surface area contributed by atoms with Gasteiger partial charge in [0.25, 0.3) is 0 Å². The van der Waals surface area contributed by atoms with Crippen molar-refractivity contribution in [2.75, 3.05) is 25.4 Å². The molecule has 0 spiro atoms. The summed E-state index contributed by atoms with van der Waals surface area (Å²) in [6.45, 7) is 3.19. The van der Waals surface area contributed by atoms with Crippen LogP contribution in [-0.4, -0.2) is 47.6 Å². The molecule has 2 fully saturated rings. The van der Waals surface area contributed by atoms with Gasteiger partial charge in [0.2, 0.25) is 0 Å². The van der Waals surface area contributed by atoms with Gasteiger partial charge in [0.15, 0.2) is 0 Å². The molecule has 0 aromatic heterocycles. The highest BCUT2D eigenvalue weighted by molar-refractivity contribution is 8.77. The van der Waals surface area contributed by atoms with Crippen LogP contribution >= 0.6 is 21.6 Å². The lowest BCUT2D eigenvalue weighted by atomic mass is 10.1. The van der Waals surface area contributed by atoms with Crippen molar-refractivity contribution in [1.29, 1.82) is 0 Å². The summed E-state index contributed by atoms with van der Waals surface area (Å²) in [5.74, 6) is 1.31. The molecule has 2 heterocycles. The molecule has 3 rings (SSSR count). The van der Waals surface area contributed by atoms with Crippen molar-refractivity contribution in [3.63, 3.8) is 0 Å². The number of esters is 1. The number of nitrogens with zero attached hydrogens (tertiary/aromatic N) is 1. The highest BCUT2D eigenvalue weighted by Crippen LogP contribution is 2.39. The maximum absolute atomic E-state index is 12.1. The minimum absolute atomic E-state index is 0.0150. The van der Waals surface area contributed by atoms with Gasteiger partial charge in [-0.3, -0.25) is 4.79 Å². The number of benzene rings is 1. The third kappa shape index (κ3) is 7.16. The Labute approximate surface area is 166 Å². The Morgan fingerprint density at radius 3 is 2.65 bits per heavy atom. The topological polar surface area (TPSA) is 29.5 Å². The van der Waals surface area contributed by atoms with Crippen molar-refractivity contribution in [3.05, 3.63) is 35.9 Å². The number of carbonyl (C=O) groups excluding carboxylic acids is 1. The first kappa shape index (κ1) is 20.1. The van der Waals surface area contributed by atoms with E-state index in [-0.39, 0.29) is 12.1 Å². The summed E-state index contributed by atoms with van der Waals surface area (Å²) in [6, 6.07) is 10.7. The van der Waals surface area contributed by atoms with Gasteiger partial charge < -0.3 is 9.64 Å². The Morgan fingerprint density at radius 1 is 1.12 bits per heavy atom. The fourth-order valence-electron chi connectivity index (χ4n) is 3.63. The van der Waals surface area contributed by atoms with E-state index < -0.39 is 0 Å². The lowest BCUT2D eigenvalue weighted by Gasteiger charge is -2.31. The van der Waals surface area contributed by atoms with Gasteiger partial charge in [-0.2, -0.15) is 0 Å². The van der Waals surface area contributed by atoms with E-state index in [1.807, 2.05) is 21.6 Å². The summed E-state index contributed by atoms with van der Waals surface area (Å²) < 4.78 is 5.70. The number of hydrogen-bond acceptors (Lipinski definition) is 5. The summed E-state index contributed by atoms with van der Waals surface area (Å²) in [5, 5.41) is 0.816. The van der Waals surface area contributed by atoms with Gasteiger partial charge in [0.1, 0.15) is 6.10 Å². The van der Waals surface area contributed by atoms with E-state index in [4.69, 9.17) is 4.74 Å². The number of rotatable bonds is 9. The van der Waals surface area contributed by atoms with Gasteiger partial charge in [-0.05, 0) is 44.1 Å². The fourth-order valence-corrected chi connectivity index (χ4v) is 6.66. The monoisotopic (exact) mass is 393 g/mol. The van der Waals surface area contributed by atoms with Gasteiger partial charge in [0, 0.05) is 37.1 Å². The second-order valence-corrected chi connectivity index (χ2v) is 10.1. The van der Waals surface area contributed by atoms with Gasteiger partial charge >= 0.3 is 5.97 Å². The molecule has 0 bridgehead atoms. The molecule has 0 radical (unpaired) electrons. The van der Waals surface area contributed by atoms with Gasteiger partial charge in [0.05, 0.1) is 0 Å². The molecule has 1 aromatic carbocycles. The van der Waals surface area contributed by atoms with Crippen LogP contribution in [0, 0.1) is 0 Å². The van der Waals surface area contributed by atoms with Crippen molar-refractivity contribution in [2.24, 2.45) is 0 Å². The van der Waals surface area contributed by atoms with Crippen LogP contribution < -0.4 is 0 Å². The Bertz CT molecular complexity index is 526. The molecular weight excluding hydrogens is 362 g/mol. The van der Waals surface area contributed by atoms with E-state index in [1.165, 1.54) is 24.2 Å². The lowest BCUT2D eigenvalue weighted by molar-refractivity contribution is -0.151. The van der Waals surface area contributed by atoms with E-state index in [2.05, 4.69) is 35.2 Å². The maximum atomic E-state index is 12.1. The number of piperidine rings is 1. The van der Waals surface area contributed by atoms with Crippen molar-refractivity contribution in [1.82, 2.24) is 4.90 Å². The van der Waals surface area contributed by atoms with Crippen LogP contribution in [0.2, 0.25) is 0 Å². The first-order valence-electron chi connectivity index (χ1n) is 10.0. The molecule has 3 nitrogen and oxygen atoms in total. The maximum Gasteiger partial charge on any atom is 0.306 e. The number of likely N-dealkylation sites (tertiary alicyclic amines) is 1. The molecule has 1 aromatic rings. The van der Waals surface area contributed by atoms with Crippen molar-refractivity contribution in [2.45, 2.75) is 62.7 Å². The lowest BCUT2D eigenvalue weighted by Crippen LogP contribution is -2.38. The molecule has 1 atom stereocenters. The number of unbranched alkanes of at least 4 members (excludes halogenated alkanes) is 1. The number of hydrogen-bond donors (Lipinski definition) is 0. The minimum Gasteiger partial charge on any atom is -0.462 e. The molecule has 0 saturated carbocycles. The second kappa shape index (κ2) is 11.3. The molecule has 5 heteroatoms. The molecule has 0 amide bonds. The molecule has 1 unspecified atom stereocenters. The van der Waals surface area contributed by atoms with Crippen LogP contribution in [0.1, 0.15) is 50.5 Å². The standard InChI is InChI=1S/C21H31NO2S2/c23-21(9-5-4-8-20-13-17-25-26-20)24-19-11-15-22(16-12-19)14-10-18-6-2-1-3-7-18/h1-3,6-7,19-20H,4-5,8-17H2. The normalized spacial score (nSPS) is 21.8. The summed E-state index contributed by atoms with van der Waals surface area (Å²) in [6.07, 6.45) is 8.53. The molecule has 144 valence electrons. The number of ether oxygens (including phenoxy) is 1. The Hall–Kier alpha value is -0.650. The fraction of sp³-hybridized carbons (Fsp3) is 0.667.